The molecule has 140 valence electrons. The van der Waals surface area contributed by atoms with Gasteiger partial charge in [-0.05, 0) is 74.8 Å². The van der Waals surface area contributed by atoms with Crippen LogP contribution >= 0.6 is 11.3 Å². The second-order valence-electron chi connectivity index (χ2n) is 8.42. The molecule has 4 heteroatoms. The van der Waals surface area contributed by atoms with E-state index in [2.05, 4.69) is 51.0 Å². The van der Waals surface area contributed by atoms with Crippen molar-refractivity contribution in [3.63, 3.8) is 0 Å². The lowest BCUT2D eigenvalue weighted by molar-refractivity contribution is 0.0696. The van der Waals surface area contributed by atoms with Crippen molar-refractivity contribution >= 4 is 17.3 Å². The summed E-state index contributed by atoms with van der Waals surface area (Å²) >= 11 is 1.71. The Morgan fingerprint density at radius 3 is 2.69 bits per heavy atom. The molecule has 3 rings (SSSR count). The molecule has 26 heavy (non-hydrogen) atoms. The summed E-state index contributed by atoms with van der Waals surface area (Å²) in [5.74, 6) is -0.779. The average Bonchev–Trinajstić information content (AvgIpc) is 2.92. The molecule has 1 N–H and O–H groups in total. The Labute approximate surface area is 160 Å². The average molecular weight is 372 g/mol. The van der Waals surface area contributed by atoms with Crippen LogP contribution in [0.3, 0.4) is 0 Å². The number of carboxylic acid groups (broad SMARTS) is 1. The molecule has 1 aromatic carbocycles. The quantitative estimate of drug-likeness (QED) is 0.766. The first-order valence-electron chi connectivity index (χ1n) is 9.39. The van der Waals surface area contributed by atoms with Gasteiger partial charge in [0.25, 0.3) is 0 Å². The van der Waals surface area contributed by atoms with Crippen LogP contribution in [-0.2, 0) is 19.3 Å². The van der Waals surface area contributed by atoms with Crippen molar-refractivity contribution in [2.45, 2.75) is 46.0 Å². The Balaban J connectivity index is 2.03. The number of aryl methyl sites for hydroxylation is 2. The van der Waals surface area contributed by atoms with Crippen LogP contribution in [0.5, 0.6) is 0 Å². The zero-order valence-electron chi connectivity index (χ0n) is 16.3. The largest absolute Gasteiger partial charge is 0.478 e. The molecular formula is C22H29NO2S. The zero-order valence-corrected chi connectivity index (χ0v) is 17.1. The normalized spacial score (nSPS) is 15.9. The highest BCUT2D eigenvalue weighted by Crippen LogP contribution is 2.45. The van der Waals surface area contributed by atoms with Gasteiger partial charge in [0, 0.05) is 9.75 Å². The molecule has 2 aromatic rings. The van der Waals surface area contributed by atoms with Crippen molar-refractivity contribution in [3.8, 4) is 10.4 Å². The second-order valence-corrected chi connectivity index (χ2v) is 9.52. The number of hydrogen-bond acceptors (Lipinski definition) is 3. The van der Waals surface area contributed by atoms with Crippen LogP contribution in [0.15, 0.2) is 24.3 Å². The molecule has 0 spiro atoms. The first kappa shape index (κ1) is 19.1. The third-order valence-corrected chi connectivity index (χ3v) is 6.63. The maximum atomic E-state index is 12.2. The molecule has 0 radical (unpaired) electrons. The minimum Gasteiger partial charge on any atom is -0.478 e. The minimum absolute atomic E-state index is 0.181. The highest BCUT2D eigenvalue weighted by molar-refractivity contribution is 7.16. The smallest absolute Gasteiger partial charge is 0.337 e. The van der Waals surface area contributed by atoms with Gasteiger partial charge in [0.05, 0.1) is 5.56 Å². The molecule has 0 amide bonds. The van der Waals surface area contributed by atoms with E-state index < -0.39 is 5.97 Å². The molecule has 0 saturated heterocycles. The predicted molar refractivity (Wildman–Crippen MR) is 109 cm³/mol. The summed E-state index contributed by atoms with van der Waals surface area (Å²) in [5.41, 5.74) is 4.19. The molecular weight excluding hydrogens is 342 g/mol. The number of rotatable bonds is 6. The fraction of sp³-hybridized carbons (Fsp3) is 0.500. The summed E-state index contributed by atoms with van der Waals surface area (Å²) in [6, 6.07) is 8.34. The first-order chi connectivity index (χ1) is 12.3. The maximum Gasteiger partial charge on any atom is 0.337 e. The molecule has 0 fully saturated rings. The van der Waals surface area contributed by atoms with E-state index >= 15 is 0 Å². The summed E-state index contributed by atoms with van der Waals surface area (Å²) in [6.45, 7) is 5.53. The van der Waals surface area contributed by atoms with Gasteiger partial charge in [-0.25, -0.2) is 4.79 Å². The van der Waals surface area contributed by atoms with E-state index in [1.165, 1.54) is 10.4 Å². The molecule has 0 bridgehead atoms. The van der Waals surface area contributed by atoms with Crippen molar-refractivity contribution in [2.75, 3.05) is 20.6 Å². The van der Waals surface area contributed by atoms with Crippen LogP contribution in [0.4, 0.5) is 0 Å². The van der Waals surface area contributed by atoms with Crippen LogP contribution in [0.2, 0.25) is 0 Å². The van der Waals surface area contributed by atoms with Crippen molar-refractivity contribution in [1.82, 2.24) is 4.90 Å². The molecule has 1 aromatic heterocycles. The van der Waals surface area contributed by atoms with E-state index in [0.717, 1.165) is 54.7 Å². The number of carbonyl (C=O) groups is 1. The fourth-order valence-electron chi connectivity index (χ4n) is 3.88. The number of hydrogen-bond donors (Lipinski definition) is 1. The van der Waals surface area contributed by atoms with Crippen LogP contribution in [0, 0.1) is 5.41 Å². The highest BCUT2D eigenvalue weighted by Gasteiger charge is 2.33. The summed E-state index contributed by atoms with van der Waals surface area (Å²) in [7, 11) is 4.17. The Kier molecular flexibility index (Phi) is 5.54. The zero-order chi connectivity index (χ0) is 18.9. The van der Waals surface area contributed by atoms with Gasteiger partial charge in [0.2, 0.25) is 0 Å². The monoisotopic (exact) mass is 371 g/mol. The first-order valence-corrected chi connectivity index (χ1v) is 10.2. The third-order valence-electron chi connectivity index (χ3n) is 5.30. The molecule has 0 unspecified atom stereocenters. The van der Waals surface area contributed by atoms with Crippen LogP contribution in [0.1, 0.15) is 53.1 Å². The standard InChI is InChI=1S/C22H29NO2S/c1-22(2)12-11-18-17(14-22)19(21(24)25)20(26-18)16-10-6-5-8-15(16)9-7-13-23(3)4/h5-6,8,10H,7,9,11-14H2,1-4H3,(H,24,25). The Hall–Kier alpha value is -1.65. The topological polar surface area (TPSA) is 40.5 Å². The Morgan fingerprint density at radius 2 is 2.00 bits per heavy atom. The maximum absolute atomic E-state index is 12.2. The number of aromatic carboxylic acids is 1. The van der Waals surface area contributed by atoms with Gasteiger partial charge in [-0.2, -0.15) is 0 Å². The Bertz CT molecular complexity index is 804. The van der Waals surface area contributed by atoms with Crippen LogP contribution < -0.4 is 0 Å². The molecule has 0 atom stereocenters. The van der Waals surface area contributed by atoms with E-state index in [9.17, 15) is 9.90 Å². The number of nitrogens with zero attached hydrogens (tertiary/aromatic N) is 1. The van der Waals surface area contributed by atoms with Crippen molar-refractivity contribution in [2.24, 2.45) is 5.41 Å². The number of carboxylic acids is 1. The van der Waals surface area contributed by atoms with E-state index in [0.29, 0.717) is 5.56 Å². The predicted octanol–water partition coefficient (Wildman–Crippen LogP) is 5.12. The lowest BCUT2D eigenvalue weighted by Crippen LogP contribution is -2.22. The van der Waals surface area contributed by atoms with Gasteiger partial charge in [0.15, 0.2) is 0 Å². The third kappa shape index (κ3) is 4.02. The van der Waals surface area contributed by atoms with E-state index in [4.69, 9.17) is 0 Å². The molecule has 1 aliphatic rings. The molecule has 1 heterocycles. The molecule has 3 nitrogen and oxygen atoms in total. The van der Waals surface area contributed by atoms with Gasteiger partial charge < -0.3 is 10.0 Å². The SMILES string of the molecule is CN(C)CCCc1ccccc1-c1sc2c(c1C(=O)O)CC(C)(C)CC2. The van der Waals surface area contributed by atoms with E-state index in [-0.39, 0.29) is 5.41 Å². The van der Waals surface area contributed by atoms with Crippen molar-refractivity contribution in [3.05, 3.63) is 45.8 Å². The summed E-state index contributed by atoms with van der Waals surface area (Å²) < 4.78 is 0. The van der Waals surface area contributed by atoms with Gasteiger partial charge in [-0.15, -0.1) is 11.3 Å². The highest BCUT2D eigenvalue weighted by atomic mass is 32.1. The van der Waals surface area contributed by atoms with Crippen molar-refractivity contribution in [1.29, 1.82) is 0 Å². The number of benzene rings is 1. The lowest BCUT2D eigenvalue weighted by Gasteiger charge is -2.29. The number of thiophene rings is 1. The van der Waals surface area contributed by atoms with Crippen LogP contribution in [0.25, 0.3) is 10.4 Å². The van der Waals surface area contributed by atoms with Gasteiger partial charge in [-0.3, -0.25) is 0 Å². The molecule has 0 saturated carbocycles. The van der Waals surface area contributed by atoms with Crippen molar-refractivity contribution < 1.29 is 9.90 Å². The van der Waals surface area contributed by atoms with Gasteiger partial charge in [-0.1, -0.05) is 38.1 Å². The minimum atomic E-state index is -0.779. The Morgan fingerprint density at radius 1 is 1.27 bits per heavy atom. The summed E-state index contributed by atoms with van der Waals surface area (Å²) in [5, 5.41) is 9.98. The fourth-order valence-corrected chi connectivity index (χ4v) is 5.25. The van der Waals surface area contributed by atoms with Gasteiger partial charge in [0.1, 0.15) is 0 Å². The van der Waals surface area contributed by atoms with Crippen LogP contribution in [-0.4, -0.2) is 36.6 Å². The van der Waals surface area contributed by atoms with Gasteiger partial charge >= 0.3 is 5.97 Å². The van der Waals surface area contributed by atoms with E-state index in [1.54, 1.807) is 11.3 Å². The molecule has 1 aliphatic carbocycles. The van der Waals surface area contributed by atoms with E-state index in [1.807, 2.05) is 6.07 Å². The number of fused-ring (bicyclic) bond motifs is 1. The summed E-state index contributed by atoms with van der Waals surface area (Å²) in [6.07, 6.45) is 5.04. The second kappa shape index (κ2) is 7.53. The molecule has 0 aliphatic heterocycles. The summed E-state index contributed by atoms with van der Waals surface area (Å²) in [4.78, 5) is 16.6. The lowest BCUT2D eigenvalue weighted by atomic mass is 9.76.